The van der Waals surface area contributed by atoms with E-state index < -0.39 is 0 Å². The van der Waals surface area contributed by atoms with Crippen molar-refractivity contribution in [3.63, 3.8) is 0 Å². The molecule has 10 heteroatoms. The number of carbonyl (C=O) groups excluding carboxylic acids is 1. The average Bonchev–Trinajstić information content (AvgIpc) is 3.34. The van der Waals surface area contributed by atoms with Gasteiger partial charge in [0, 0.05) is 50.7 Å². The van der Waals surface area contributed by atoms with Crippen LogP contribution in [-0.4, -0.2) is 51.8 Å². The SMILES string of the molecule is CNc1ncc2c(n1)N1CCCC1CN(c1cccc(-c3nn(C)c(=O)s3)c1)C2=O. The Balaban J connectivity index is 1.58. The van der Waals surface area contributed by atoms with Crippen LogP contribution in [0.5, 0.6) is 0 Å². The third kappa shape index (κ3) is 3.04. The number of nitrogens with zero attached hydrogens (tertiary/aromatic N) is 6. The van der Waals surface area contributed by atoms with Gasteiger partial charge >= 0.3 is 4.87 Å². The topological polar surface area (TPSA) is 96.2 Å². The van der Waals surface area contributed by atoms with Crippen molar-refractivity contribution in [2.75, 3.05) is 35.3 Å². The Hall–Kier alpha value is -3.27. The van der Waals surface area contributed by atoms with Crippen molar-refractivity contribution < 1.29 is 4.79 Å². The molecule has 154 valence electrons. The fourth-order valence-electron chi connectivity index (χ4n) is 4.10. The molecule has 1 aromatic carbocycles. The second-order valence-electron chi connectivity index (χ2n) is 7.43. The molecule has 1 unspecified atom stereocenters. The van der Waals surface area contributed by atoms with Crippen LogP contribution in [0.15, 0.2) is 35.3 Å². The summed E-state index contributed by atoms with van der Waals surface area (Å²) in [5, 5.41) is 7.89. The maximum atomic E-state index is 13.5. The molecule has 1 atom stereocenters. The van der Waals surface area contributed by atoms with Gasteiger partial charge in [0.2, 0.25) is 5.95 Å². The predicted octanol–water partition coefficient (Wildman–Crippen LogP) is 1.97. The van der Waals surface area contributed by atoms with E-state index in [-0.39, 0.29) is 16.8 Å². The summed E-state index contributed by atoms with van der Waals surface area (Å²) in [7, 11) is 3.40. The molecular formula is C20H21N7O2S. The lowest BCUT2D eigenvalue weighted by Gasteiger charge is -2.27. The van der Waals surface area contributed by atoms with Crippen LogP contribution in [0, 0.1) is 0 Å². The van der Waals surface area contributed by atoms with Crippen LogP contribution >= 0.6 is 11.3 Å². The highest BCUT2D eigenvalue weighted by Gasteiger charge is 2.37. The Kier molecular flexibility index (Phi) is 4.50. The summed E-state index contributed by atoms with van der Waals surface area (Å²) in [6.07, 6.45) is 3.68. The molecule has 30 heavy (non-hydrogen) atoms. The van der Waals surface area contributed by atoms with E-state index in [1.54, 1.807) is 25.2 Å². The van der Waals surface area contributed by atoms with Crippen LogP contribution in [0.3, 0.4) is 0 Å². The number of carbonyl (C=O) groups is 1. The lowest BCUT2D eigenvalue weighted by atomic mass is 10.1. The number of aryl methyl sites for hydroxylation is 1. The van der Waals surface area contributed by atoms with E-state index in [0.29, 0.717) is 28.9 Å². The molecule has 1 saturated heterocycles. The van der Waals surface area contributed by atoms with Crippen molar-refractivity contribution in [3.8, 4) is 10.6 Å². The Morgan fingerprint density at radius 2 is 2.13 bits per heavy atom. The summed E-state index contributed by atoms with van der Waals surface area (Å²) in [5.74, 6) is 1.09. The molecule has 9 nitrogen and oxygen atoms in total. The Morgan fingerprint density at radius 1 is 1.27 bits per heavy atom. The normalized spacial score (nSPS) is 18.2. The maximum absolute atomic E-state index is 13.5. The molecule has 0 saturated carbocycles. The predicted molar refractivity (Wildman–Crippen MR) is 116 cm³/mol. The van der Waals surface area contributed by atoms with Crippen LogP contribution in [0.1, 0.15) is 23.2 Å². The van der Waals surface area contributed by atoms with Gasteiger partial charge in [-0.1, -0.05) is 23.5 Å². The number of benzene rings is 1. The first-order chi connectivity index (χ1) is 14.5. The molecule has 0 aliphatic carbocycles. The van der Waals surface area contributed by atoms with Crippen LogP contribution in [0.2, 0.25) is 0 Å². The van der Waals surface area contributed by atoms with Crippen molar-refractivity contribution in [1.82, 2.24) is 19.7 Å². The molecule has 0 radical (unpaired) electrons. The summed E-state index contributed by atoms with van der Waals surface area (Å²) in [4.78, 5) is 38.1. The van der Waals surface area contributed by atoms with E-state index in [9.17, 15) is 9.59 Å². The standard InChI is InChI=1S/C20H21N7O2S/c1-21-19-22-10-15-16(23-19)26-8-4-7-14(26)11-27(18(15)28)13-6-3-5-12(9-13)17-24-25(2)20(29)30-17/h3,5-6,9-10,14H,4,7-8,11H2,1-2H3,(H,21,22,23). The molecule has 1 fully saturated rings. The van der Waals surface area contributed by atoms with Gasteiger partial charge in [0.25, 0.3) is 5.91 Å². The van der Waals surface area contributed by atoms with Gasteiger partial charge in [-0.3, -0.25) is 9.59 Å². The van der Waals surface area contributed by atoms with Crippen molar-refractivity contribution >= 4 is 34.7 Å². The van der Waals surface area contributed by atoms with Gasteiger partial charge in [0.1, 0.15) is 16.4 Å². The van der Waals surface area contributed by atoms with E-state index in [2.05, 4.69) is 25.3 Å². The summed E-state index contributed by atoms with van der Waals surface area (Å²) in [5.41, 5.74) is 2.10. The third-order valence-electron chi connectivity index (χ3n) is 5.60. The van der Waals surface area contributed by atoms with Gasteiger partial charge in [-0.15, -0.1) is 0 Å². The van der Waals surface area contributed by atoms with Gasteiger partial charge in [0.15, 0.2) is 0 Å². The van der Waals surface area contributed by atoms with Gasteiger partial charge < -0.3 is 15.1 Å². The molecule has 2 aliphatic rings. The average molecular weight is 424 g/mol. The fourth-order valence-corrected chi connectivity index (χ4v) is 4.85. The summed E-state index contributed by atoms with van der Waals surface area (Å²) in [6, 6.07) is 7.83. The van der Waals surface area contributed by atoms with E-state index >= 15 is 0 Å². The first-order valence-corrected chi connectivity index (χ1v) is 10.6. The summed E-state index contributed by atoms with van der Waals surface area (Å²) >= 11 is 1.09. The molecule has 4 heterocycles. The van der Waals surface area contributed by atoms with Gasteiger partial charge in [-0.25, -0.2) is 9.67 Å². The van der Waals surface area contributed by atoms with Crippen molar-refractivity contribution in [3.05, 3.63) is 45.7 Å². The Labute approximate surface area is 177 Å². The fraction of sp³-hybridized carbons (Fsp3) is 0.350. The van der Waals surface area contributed by atoms with E-state index in [4.69, 9.17) is 0 Å². The molecule has 5 rings (SSSR count). The lowest BCUT2D eigenvalue weighted by Crippen LogP contribution is -2.39. The minimum Gasteiger partial charge on any atom is -0.357 e. The molecule has 3 aromatic rings. The minimum atomic E-state index is -0.117. The largest absolute Gasteiger partial charge is 0.357 e. The number of hydrogen-bond acceptors (Lipinski definition) is 8. The van der Waals surface area contributed by atoms with Crippen LogP contribution in [0.25, 0.3) is 10.6 Å². The highest BCUT2D eigenvalue weighted by molar-refractivity contribution is 7.12. The first kappa shape index (κ1) is 18.7. The molecule has 0 bridgehead atoms. The number of hydrogen-bond donors (Lipinski definition) is 1. The van der Waals surface area contributed by atoms with Gasteiger partial charge in [-0.05, 0) is 25.0 Å². The Bertz CT molecular complexity index is 1190. The summed E-state index contributed by atoms with van der Waals surface area (Å²) < 4.78 is 1.33. The maximum Gasteiger partial charge on any atom is 0.325 e. The monoisotopic (exact) mass is 423 g/mol. The van der Waals surface area contributed by atoms with Gasteiger partial charge in [-0.2, -0.15) is 10.1 Å². The second kappa shape index (κ2) is 7.21. The number of fused-ring (bicyclic) bond motifs is 3. The Morgan fingerprint density at radius 3 is 2.90 bits per heavy atom. The lowest BCUT2D eigenvalue weighted by molar-refractivity contribution is 0.0988. The second-order valence-corrected chi connectivity index (χ2v) is 8.37. The molecule has 1 N–H and O–H groups in total. The number of amides is 1. The van der Waals surface area contributed by atoms with E-state index in [0.717, 1.165) is 42.0 Å². The zero-order valence-corrected chi connectivity index (χ0v) is 17.5. The van der Waals surface area contributed by atoms with Crippen LogP contribution < -0.4 is 20.0 Å². The number of rotatable bonds is 3. The highest BCUT2D eigenvalue weighted by atomic mass is 32.1. The number of nitrogens with one attached hydrogen (secondary N) is 1. The zero-order chi connectivity index (χ0) is 20.8. The first-order valence-electron chi connectivity index (χ1n) is 9.83. The molecule has 2 aromatic heterocycles. The van der Waals surface area contributed by atoms with Gasteiger partial charge in [0.05, 0.1) is 0 Å². The molecule has 1 amide bonds. The van der Waals surface area contributed by atoms with Crippen molar-refractivity contribution in [2.24, 2.45) is 7.05 Å². The third-order valence-corrected chi connectivity index (χ3v) is 6.55. The number of anilines is 3. The minimum absolute atomic E-state index is 0.116. The molecular weight excluding hydrogens is 402 g/mol. The highest BCUT2D eigenvalue weighted by Crippen LogP contribution is 2.35. The van der Waals surface area contributed by atoms with Crippen LogP contribution in [0.4, 0.5) is 17.5 Å². The molecule has 2 aliphatic heterocycles. The van der Waals surface area contributed by atoms with Crippen LogP contribution in [-0.2, 0) is 7.05 Å². The smallest absolute Gasteiger partial charge is 0.325 e. The number of aromatic nitrogens is 4. The zero-order valence-electron chi connectivity index (χ0n) is 16.7. The van der Waals surface area contributed by atoms with E-state index in [1.165, 1.54) is 4.68 Å². The quantitative estimate of drug-likeness (QED) is 0.688. The summed E-state index contributed by atoms with van der Waals surface area (Å²) in [6.45, 7) is 1.45. The van der Waals surface area contributed by atoms with E-state index in [1.807, 2.05) is 24.3 Å². The van der Waals surface area contributed by atoms with Crippen molar-refractivity contribution in [1.29, 1.82) is 0 Å². The molecule has 0 spiro atoms. The van der Waals surface area contributed by atoms with Crippen molar-refractivity contribution in [2.45, 2.75) is 18.9 Å².